The molecular formula is C27H23Br2FN2O6. The first-order chi connectivity index (χ1) is 18.0. The Balaban J connectivity index is 1.65. The highest BCUT2D eigenvalue weighted by molar-refractivity contribution is 9.10. The minimum absolute atomic E-state index is 0.115. The molecule has 0 spiro atoms. The molecular weight excluding hydrogens is 627 g/mol. The van der Waals surface area contributed by atoms with Gasteiger partial charge in [0, 0.05) is 27.7 Å². The summed E-state index contributed by atoms with van der Waals surface area (Å²) in [5.41, 5.74) is 1.61. The fourth-order valence-electron chi connectivity index (χ4n) is 3.47. The molecule has 3 rings (SSSR count). The normalized spacial score (nSPS) is 11.4. The number of nitrogens with one attached hydrogen (secondary N) is 1. The minimum atomic E-state index is -1.30. The van der Waals surface area contributed by atoms with Crippen molar-refractivity contribution in [2.75, 3.05) is 16.8 Å². The number of aliphatic carboxylic acids is 1. The number of rotatable bonds is 10. The molecule has 0 saturated heterocycles. The van der Waals surface area contributed by atoms with Crippen LogP contribution >= 0.6 is 31.9 Å². The molecule has 8 nitrogen and oxygen atoms in total. The van der Waals surface area contributed by atoms with Crippen molar-refractivity contribution in [1.82, 2.24) is 0 Å². The molecule has 0 radical (unpaired) electrons. The smallest absolute Gasteiger partial charge is 0.323 e. The molecule has 11 heteroatoms. The molecule has 1 atom stereocenters. The topological polar surface area (TPSA) is 113 Å². The maximum absolute atomic E-state index is 14.5. The number of nitrogens with zero attached hydrogens (tertiary/aromatic N) is 1. The van der Waals surface area contributed by atoms with Crippen LogP contribution < -0.4 is 10.2 Å². The van der Waals surface area contributed by atoms with Crippen molar-refractivity contribution in [1.29, 1.82) is 0 Å². The van der Waals surface area contributed by atoms with Gasteiger partial charge in [-0.05, 0) is 89.4 Å². The summed E-state index contributed by atoms with van der Waals surface area (Å²) >= 11 is 6.28. The lowest BCUT2D eigenvalue weighted by molar-refractivity contribution is -0.144. The lowest BCUT2D eigenvalue weighted by Crippen LogP contribution is -2.36. The van der Waals surface area contributed by atoms with Gasteiger partial charge in [-0.1, -0.05) is 28.1 Å². The number of carbonyl (C=O) groups is 4. The van der Waals surface area contributed by atoms with Crippen molar-refractivity contribution in [2.24, 2.45) is 0 Å². The van der Waals surface area contributed by atoms with E-state index >= 15 is 0 Å². The Morgan fingerprint density at radius 2 is 1.63 bits per heavy atom. The van der Waals surface area contributed by atoms with Gasteiger partial charge in [0.05, 0.1) is 5.69 Å². The number of esters is 1. The van der Waals surface area contributed by atoms with Crippen molar-refractivity contribution < 1.29 is 33.4 Å². The number of carbonyl (C=O) groups excluding carboxylic acids is 3. The monoisotopic (exact) mass is 648 g/mol. The van der Waals surface area contributed by atoms with E-state index in [0.29, 0.717) is 22.1 Å². The van der Waals surface area contributed by atoms with Gasteiger partial charge in [-0.2, -0.15) is 0 Å². The maximum Gasteiger partial charge on any atom is 0.323 e. The summed E-state index contributed by atoms with van der Waals surface area (Å²) in [5.74, 6) is -3.48. The molecule has 0 aliphatic rings. The van der Waals surface area contributed by atoms with Gasteiger partial charge in [0.1, 0.15) is 12.4 Å². The summed E-state index contributed by atoms with van der Waals surface area (Å²) in [7, 11) is 0. The number of aryl methyl sites for hydroxylation is 1. The van der Waals surface area contributed by atoms with Crippen molar-refractivity contribution >= 4 is 67.0 Å². The molecule has 3 aromatic carbocycles. The van der Waals surface area contributed by atoms with E-state index in [1.807, 2.05) is 0 Å². The summed E-state index contributed by atoms with van der Waals surface area (Å²) in [5, 5.41) is 11.6. The van der Waals surface area contributed by atoms with Crippen LogP contribution in [0.3, 0.4) is 0 Å². The number of amides is 2. The van der Waals surface area contributed by atoms with Gasteiger partial charge in [0.15, 0.2) is 5.01 Å². The van der Waals surface area contributed by atoms with Crippen molar-refractivity contribution in [3.05, 3.63) is 93.7 Å². The highest BCUT2D eigenvalue weighted by Gasteiger charge is 2.23. The second kappa shape index (κ2) is 13.3. The molecule has 3 aromatic rings. The molecule has 38 heavy (non-hydrogen) atoms. The van der Waals surface area contributed by atoms with Crippen LogP contribution in [0.25, 0.3) is 0 Å². The SMILES string of the molecule is CC(Br)OC(=O)CCc1ccc(C(=O)Nc2ccc(C(=O)N(CC(=O)O)c3ccc(Br)cc3F)cc2)cc1. The van der Waals surface area contributed by atoms with Crippen LogP contribution in [0.15, 0.2) is 71.2 Å². The Morgan fingerprint density at radius 3 is 2.21 bits per heavy atom. The molecule has 1 unspecified atom stereocenters. The highest BCUT2D eigenvalue weighted by Crippen LogP contribution is 2.25. The molecule has 0 aliphatic carbocycles. The zero-order valence-corrected chi connectivity index (χ0v) is 23.3. The number of halogens is 3. The number of alkyl halides is 1. The molecule has 0 saturated carbocycles. The number of anilines is 2. The van der Waals surface area contributed by atoms with Gasteiger partial charge >= 0.3 is 11.9 Å². The van der Waals surface area contributed by atoms with Gasteiger partial charge in [-0.3, -0.25) is 24.1 Å². The number of hydrogen-bond donors (Lipinski definition) is 2. The average Bonchev–Trinajstić information content (AvgIpc) is 2.86. The second-order valence-corrected chi connectivity index (χ2v) is 10.3. The Bertz CT molecular complexity index is 1330. The van der Waals surface area contributed by atoms with Crippen LogP contribution in [0.4, 0.5) is 15.8 Å². The van der Waals surface area contributed by atoms with E-state index in [0.717, 1.165) is 16.5 Å². The molecule has 0 fully saturated rings. The van der Waals surface area contributed by atoms with Crippen LogP contribution in [0.2, 0.25) is 0 Å². The average molecular weight is 650 g/mol. The molecule has 0 bridgehead atoms. The Labute approximate surface area is 235 Å². The van der Waals surface area contributed by atoms with E-state index < -0.39 is 24.2 Å². The van der Waals surface area contributed by atoms with E-state index in [-0.39, 0.29) is 34.6 Å². The van der Waals surface area contributed by atoms with Gasteiger partial charge in [-0.25, -0.2) is 4.39 Å². The van der Waals surface area contributed by atoms with E-state index in [2.05, 4.69) is 37.2 Å². The fraction of sp³-hybridized carbons (Fsp3) is 0.185. The standard InChI is InChI=1S/C27H23Br2FN2O6/c1-16(28)38-25(35)13-4-17-2-5-18(6-3-17)26(36)31-21-10-7-19(8-11-21)27(37)32(15-24(33)34)23-12-9-20(29)14-22(23)30/h2-3,5-12,14,16H,4,13,15H2,1H3,(H,31,36)(H,33,34). The Morgan fingerprint density at radius 1 is 1.00 bits per heavy atom. The van der Waals surface area contributed by atoms with Crippen molar-refractivity contribution in [3.8, 4) is 0 Å². The second-order valence-electron chi connectivity index (χ2n) is 8.14. The summed E-state index contributed by atoms with van der Waals surface area (Å²) in [6, 6.07) is 16.6. The zero-order chi connectivity index (χ0) is 27.8. The molecule has 198 valence electrons. The first-order valence-electron chi connectivity index (χ1n) is 11.4. The minimum Gasteiger partial charge on any atom is -0.480 e. The maximum atomic E-state index is 14.5. The third-order valence-electron chi connectivity index (χ3n) is 5.26. The Kier molecular flexibility index (Phi) is 10.1. The first kappa shape index (κ1) is 29.0. The molecule has 0 aromatic heterocycles. The van der Waals surface area contributed by atoms with Crippen molar-refractivity contribution in [3.63, 3.8) is 0 Å². The quantitative estimate of drug-likeness (QED) is 0.212. The predicted molar refractivity (Wildman–Crippen MR) is 147 cm³/mol. The Hall–Kier alpha value is -3.57. The lowest BCUT2D eigenvalue weighted by atomic mass is 10.1. The van der Waals surface area contributed by atoms with E-state index in [9.17, 15) is 28.7 Å². The zero-order valence-electron chi connectivity index (χ0n) is 20.1. The number of hydrogen-bond acceptors (Lipinski definition) is 5. The molecule has 0 heterocycles. The van der Waals surface area contributed by atoms with Crippen LogP contribution in [0.1, 0.15) is 39.6 Å². The summed E-state index contributed by atoms with van der Waals surface area (Å²) in [6.45, 7) is 0.971. The summed E-state index contributed by atoms with van der Waals surface area (Å²) in [4.78, 5) is 49.5. The van der Waals surface area contributed by atoms with Gasteiger partial charge in [0.2, 0.25) is 0 Å². The lowest BCUT2D eigenvalue weighted by Gasteiger charge is -2.22. The predicted octanol–water partition coefficient (Wildman–Crippen LogP) is 5.79. The van der Waals surface area contributed by atoms with Gasteiger partial charge < -0.3 is 15.2 Å². The van der Waals surface area contributed by atoms with Crippen LogP contribution in [-0.2, 0) is 20.7 Å². The van der Waals surface area contributed by atoms with E-state index in [1.54, 1.807) is 31.2 Å². The van der Waals surface area contributed by atoms with Gasteiger partial charge in [-0.15, -0.1) is 0 Å². The highest BCUT2D eigenvalue weighted by atomic mass is 79.9. The molecule has 0 aliphatic heterocycles. The number of ether oxygens (including phenoxy) is 1. The summed E-state index contributed by atoms with van der Waals surface area (Å²) in [6.07, 6.45) is 0.684. The third-order valence-corrected chi connectivity index (χ3v) is 5.94. The number of carboxylic acids is 1. The third kappa shape index (κ3) is 8.22. The largest absolute Gasteiger partial charge is 0.480 e. The first-order valence-corrected chi connectivity index (χ1v) is 13.1. The van der Waals surface area contributed by atoms with Crippen LogP contribution in [0.5, 0.6) is 0 Å². The fourth-order valence-corrected chi connectivity index (χ4v) is 4.01. The molecule has 2 amide bonds. The summed E-state index contributed by atoms with van der Waals surface area (Å²) < 4.78 is 19.9. The van der Waals surface area contributed by atoms with Crippen LogP contribution in [-0.4, -0.2) is 40.4 Å². The molecule has 2 N–H and O–H groups in total. The van der Waals surface area contributed by atoms with E-state index in [4.69, 9.17) is 4.74 Å². The number of benzene rings is 3. The van der Waals surface area contributed by atoms with Crippen molar-refractivity contribution in [2.45, 2.75) is 24.8 Å². The number of carboxylic acid groups (broad SMARTS) is 1. The van der Waals surface area contributed by atoms with Gasteiger partial charge in [0.25, 0.3) is 11.8 Å². The van der Waals surface area contributed by atoms with Crippen LogP contribution in [0, 0.1) is 5.82 Å². The van der Waals surface area contributed by atoms with E-state index in [1.165, 1.54) is 36.4 Å².